The molecule has 1 aromatic rings. The Morgan fingerprint density at radius 2 is 1.76 bits per heavy atom. The van der Waals surface area contributed by atoms with Gasteiger partial charge in [0.25, 0.3) is 0 Å². The van der Waals surface area contributed by atoms with Gasteiger partial charge in [-0.2, -0.15) is 0 Å². The second kappa shape index (κ2) is 4.37. The molecule has 1 heterocycles. The van der Waals surface area contributed by atoms with E-state index >= 15 is 0 Å². The molecule has 0 saturated heterocycles. The van der Waals surface area contributed by atoms with Gasteiger partial charge in [-0.25, -0.2) is 5.84 Å². The monoisotopic (exact) mass is 231 g/mol. The van der Waals surface area contributed by atoms with Crippen LogP contribution in [0.2, 0.25) is 0 Å². The Balaban J connectivity index is 2.36. The van der Waals surface area contributed by atoms with Crippen molar-refractivity contribution in [2.24, 2.45) is 0 Å². The van der Waals surface area contributed by atoms with Crippen LogP contribution in [0.4, 0.5) is 0 Å². The predicted octanol–water partition coefficient (Wildman–Crippen LogP) is 2.05. The number of nitrogens with zero attached hydrogens (tertiary/aromatic N) is 2. The number of benzene rings is 1. The lowest BCUT2D eigenvalue weighted by molar-refractivity contribution is -0.587. The van der Waals surface area contributed by atoms with E-state index in [9.17, 15) is 9.59 Å². The first-order valence-corrected chi connectivity index (χ1v) is 5.48. The molecule has 1 aliphatic rings. The average Bonchev–Trinajstić information content (AvgIpc) is 2.60. The van der Waals surface area contributed by atoms with Crippen LogP contribution in [0, 0.1) is 0 Å². The maximum Gasteiger partial charge on any atom is 0.235 e. The maximum absolute atomic E-state index is 11.9. The Morgan fingerprint density at radius 3 is 2.24 bits per heavy atom. The fraction of sp³-hybridized carbons (Fsp3) is 0.250. The number of hydrogen-bond donors (Lipinski definition) is 0. The molecule has 0 radical (unpaired) electrons. The van der Waals surface area contributed by atoms with Gasteiger partial charge in [0.1, 0.15) is 0 Å². The van der Waals surface area contributed by atoms with Gasteiger partial charge in [-0.15, -0.1) is 9.80 Å². The van der Waals surface area contributed by atoms with Gasteiger partial charge in [0.05, 0.1) is 0 Å². The van der Waals surface area contributed by atoms with Crippen LogP contribution in [0.1, 0.15) is 40.5 Å². The number of imide groups is 1. The second-order valence-corrected chi connectivity index (χ2v) is 3.78. The number of carbonyl (C=O) groups is 2. The summed E-state index contributed by atoms with van der Waals surface area (Å²) in [7, 11) is 0. The quantitative estimate of drug-likeness (QED) is 0.346. The van der Waals surface area contributed by atoms with Crippen molar-refractivity contribution < 1.29 is 14.4 Å². The van der Waals surface area contributed by atoms with E-state index in [0.717, 1.165) is 16.2 Å². The Kier molecular flexibility index (Phi) is 2.91. The van der Waals surface area contributed by atoms with Crippen molar-refractivity contribution in [3.63, 3.8) is 0 Å². The fourth-order valence-electron chi connectivity index (χ4n) is 1.71. The summed E-state index contributed by atoms with van der Waals surface area (Å²) in [5, 5.41) is 0.848. The lowest BCUT2D eigenvalue weighted by Gasteiger charge is -2.14. The molecule has 0 atom stereocenters. The van der Waals surface area contributed by atoms with Crippen molar-refractivity contribution in [1.29, 1.82) is 0 Å². The van der Waals surface area contributed by atoms with Crippen LogP contribution >= 0.6 is 0 Å². The third kappa shape index (κ3) is 1.80. The highest BCUT2D eigenvalue weighted by Crippen LogP contribution is 2.22. The molecule has 0 spiro atoms. The summed E-state index contributed by atoms with van der Waals surface area (Å²) in [6.07, 6.45) is 3.02. The van der Waals surface area contributed by atoms with Gasteiger partial charge < -0.3 is 0 Å². The third-order valence-electron chi connectivity index (χ3n) is 2.58. The number of amides is 2. The van der Waals surface area contributed by atoms with Crippen molar-refractivity contribution in [2.45, 2.75) is 19.8 Å². The van der Waals surface area contributed by atoms with Crippen LogP contribution < -0.4 is 0 Å². The normalized spacial score (nSPS) is 15.4. The van der Waals surface area contributed by atoms with Gasteiger partial charge in [0, 0.05) is 17.5 Å². The first-order chi connectivity index (χ1) is 8.16. The highest BCUT2D eigenvalue weighted by Gasteiger charge is 2.35. The molecule has 1 aliphatic heterocycles. The number of carbonyl (C=O) groups excluding carboxylic acids is 2. The summed E-state index contributed by atoms with van der Waals surface area (Å²) >= 11 is 0. The number of nitrogens with one attached hydrogen (secondary N) is 1. The minimum absolute atomic E-state index is 0.361. The smallest absolute Gasteiger partial charge is 0.235 e. The fourth-order valence-corrected chi connectivity index (χ4v) is 1.71. The van der Waals surface area contributed by atoms with E-state index in [4.69, 9.17) is 5.84 Å². The Hall–Kier alpha value is -2.17. The molecule has 17 heavy (non-hydrogen) atoms. The molecule has 0 bridgehead atoms. The van der Waals surface area contributed by atoms with E-state index in [2.05, 4.69) is 0 Å². The summed E-state index contributed by atoms with van der Waals surface area (Å²) in [5.41, 5.74) is 0.722. The van der Waals surface area contributed by atoms with Crippen LogP contribution in [-0.2, 0) is 0 Å². The standard InChI is InChI=1S/C12H13N3O2/c1-2-3-8-14(13)15-11(16)9-6-4-5-7-10(9)12(15)17/h4-8,13H,2-3H2,1H3. The Bertz CT molecular complexity index is 473. The molecule has 0 aliphatic carbocycles. The highest BCUT2D eigenvalue weighted by molar-refractivity contribution is 6.20. The number of hydrazone groups is 1. The largest absolute Gasteiger partial charge is 0.288 e. The van der Waals surface area contributed by atoms with Crippen molar-refractivity contribution in [1.82, 2.24) is 5.01 Å². The first-order valence-electron chi connectivity index (χ1n) is 5.48. The predicted molar refractivity (Wildman–Crippen MR) is 62.5 cm³/mol. The van der Waals surface area contributed by atoms with Crippen molar-refractivity contribution in [3.05, 3.63) is 41.2 Å². The number of hydrazine groups is 1. The summed E-state index contributed by atoms with van der Waals surface area (Å²) < 4.78 is 0. The minimum atomic E-state index is -0.437. The van der Waals surface area contributed by atoms with Crippen molar-refractivity contribution in [3.8, 4) is 0 Å². The topological polar surface area (TPSA) is 64.2 Å². The lowest BCUT2D eigenvalue weighted by atomic mass is 10.1. The molecule has 88 valence electrons. The SMILES string of the molecule is CCCC=[N+]([NH-])N1C(=O)c2ccccc2C1=O. The molecule has 0 aromatic heterocycles. The molecular formula is C12H13N3O2. The van der Waals surface area contributed by atoms with Crippen LogP contribution in [0.25, 0.3) is 5.84 Å². The number of hydrogen-bond acceptors (Lipinski definition) is 2. The van der Waals surface area contributed by atoms with E-state index in [1.807, 2.05) is 6.92 Å². The van der Waals surface area contributed by atoms with Gasteiger partial charge in [-0.05, 0) is 6.42 Å². The molecule has 1 aromatic carbocycles. The molecule has 1 N–H and O–H groups in total. The van der Waals surface area contributed by atoms with Crippen LogP contribution in [-0.4, -0.2) is 27.8 Å². The van der Waals surface area contributed by atoms with Crippen molar-refractivity contribution >= 4 is 18.0 Å². The number of rotatable bonds is 3. The van der Waals surface area contributed by atoms with Gasteiger partial charge in [0.15, 0.2) is 6.21 Å². The van der Waals surface area contributed by atoms with Crippen LogP contribution in [0.15, 0.2) is 24.3 Å². The molecule has 0 saturated carbocycles. The molecule has 0 fully saturated rings. The van der Waals surface area contributed by atoms with E-state index in [0.29, 0.717) is 17.5 Å². The molecule has 2 rings (SSSR count). The zero-order valence-corrected chi connectivity index (χ0v) is 9.51. The van der Waals surface area contributed by atoms with Crippen LogP contribution in [0.3, 0.4) is 0 Å². The molecule has 5 nitrogen and oxygen atoms in total. The maximum atomic E-state index is 11.9. The zero-order chi connectivity index (χ0) is 12.4. The summed E-state index contributed by atoms with van der Waals surface area (Å²) in [6.45, 7) is 1.96. The van der Waals surface area contributed by atoms with E-state index in [1.165, 1.54) is 6.21 Å². The second-order valence-electron chi connectivity index (χ2n) is 3.78. The molecule has 0 unspecified atom stereocenters. The van der Waals surface area contributed by atoms with Crippen LogP contribution in [0.5, 0.6) is 0 Å². The molecule has 5 heteroatoms. The summed E-state index contributed by atoms with van der Waals surface area (Å²) in [5.74, 6) is 6.80. The summed E-state index contributed by atoms with van der Waals surface area (Å²) in [6, 6.07) is 6.61. The Labute approximate surface area is 99.1 Å². The Morgan fingerprint density at radius 1 is 1.24 bits per heavy atom. The number of unbranched alkanes of at least 4 members (excludes halogenated alkanes) is 1. The molecule has 2 amide bonds. The highest BCUT2D eigenvalue weighted by atomic mass is 16.2. The average molecular weight is 231 g/mol. The summed E-state index contributed by atoms with van der Waals surface area (Å²) in [4.78, 5) is 24.7. The lowest BCUT2D eigenvalue weighted by Crippen LogP contribution is -2.36. The van der Waals surface area contributed by atoms with Gasteiger partial charge >= 0.3 is 0 Å². The van der Waals surface area contributed by atoms with Gasteiger partial charge in [-0.3, -0.25) is 9.59 Å². The van der Waals surface area contributed by atoms with E-state index in [-0.39, 0.29) is 0 Å². The number of fused-ring (bicyclic) bond motifs is 1. The van der Waals surface area contributed by atoms with Gasteiger partial charge in [-0.1, -0.05) is 31.2 Å². The van der Waals surface area contributed by atoms with E-state index in [1.54, 1.807) is 24.3 Å². The third-order valence-corrected chi connectivity index (χ3v) is 2.58. The zero-order valence-electron chi connectivity index (χ0n) is 9.51. The molecular weight excluding hydrogens is 218 g/mol. The minimum Gasteiger partial charge on any atom is -0.288 e. The van der Waals surface area contributed by atoms with Gasteiger partial charge in [0.2, 0.25) is 11.8 Å². The first kappa shape index (κ1) is 11.3. The van der Waals surface area contributed by atoms with Crippen molar-refractivity contribution in [2.75, 3.05) is 0 Å². The van der Waals surface area contributed by atoms with E-state index < -0.39 is 11.8 Å².